The fraction of sp³-hybridized carbons (Fsp3) is 0.462. The van der Waals surface area contributed by atoms with Gasteiger partial charge in [-0.1, -0.05) is 24.6 Å². The molecule has 0 saturated carbocycles. The fourth-order valence-electron chi connectivity index (χ4n) is 1.58. The predicted molar refractivity (Wildman–Crippen MR) is 72.7 cm³/mol. The molecule has 1 heterocycles. The van der Waals surface area contributed by atoms with E-state index in [1.54, 1.807) is 12.1 Å². The van der Waals surface area contributed by atoms with Gasteiger partial charge in [-0.15, -0.1) is 0 Å². The summed E-state index contributed by atoms with van der Waals surface area (Å²) in [6, 6.07) is 5.99. The van der Waals surface area contributed by atoms with Gasteiger partial charge in [0.2, 0.25) is 0 Å². The topological polar surface area (TPSA) is 83.5 Å². The first kappa shape index (κ1) is 15.8. The van der Waals surface area contributed by atoms with Gasteiger partial charge in [0.05, 0.1) is 11.4 Å². The zero-order chi connectivity index (χ0) is 14.5. The van der Waals surface area contributed by atoms with E-state index in [4.69, 9.17) is 4.55 Å². The monoisotopic (exact) mass is 285 g/mol. The number of ketones is 1. The highest BCUT2D eigenvalue weighted by molar-refractivity contribution is 7.85. The number of hydrogen-bond donors (Lipinski definition) is 2. The van der Waals surface area contributed by atoms with Crippen LogP contribution in [0.2, 0.25) is 0 Å². The fourth-order valence-corrected chi connectivity index (χ4v) is 2.06. The van der Waals surface area contributed by atoms with E-state index in [0.717, 1.165) is 18.5 Å². The van der Waals surface area contributed by atoms with Gasteiger partial charge in [0.25, 0.3) is 10.1 Å². The highest BCUT2D eigenvalue weighted by Gasteiger charge is 2.15. The second-order valence-electron chi connectivity index (χ2n) is 4.62. The van der Waals surface area contributed by atoms with Crippen molar-refractivity contribution in [1.82, 2.24) is 5.32 Å². The molecule has 0 spiro atoms. The summed E-state index contributed by atoms with van der Waals surface area (Å²) in [4.78, 5) is 10.7. The molecule has 2 rings (SSSR count). The van der Waals surface area contributed by atoms with E-state index >= 15 is 0 Å². The summed E-state index contributed by atoms with van der Waals surface area (Å²) in [6.07, 6.45) is 1.01. The van der Waals surface area contributed by atoms with Crippen LogP contribution in [-0.4, -0.2) is 31.8 Å². The van der Waals surface area contributed by atoms with Gasteiger partial charge >= 0.3 is 0 Å². The summed E-state index contributed by atoms with van der Waals surface area (Å²) in [5.74, 6) is 0.660. The lowest BCUT2D eigenvalue weighted by Crippen LogP contribution is -2.35. The Balaban J connectivity index is 0.000000200. The summed E-state index contributed by atoms with van der Waals surface area (Å²) in [6.45, 7) is 5.42. The highest BCUT2D eigenvalue weighted by atomic mass is 32.2. The summed E-state index contributed by atoms with van der Waals surface area (Å²) < 4.78 is 29.6. The van der Waals surface area contributed by atoms with E-state index in [2.05, 4.69) is 5.32 Å². The average molecular weight is 285 g/mol. The standard InChI is InChI=1S/C7H8O3S.C6H11NO/c1-6-2-4-7(5-3-6)11(8,9)10;1-5-2-3-7-4-6(5)8/h2-5H,1H3,(H,8,9,10);5,7H,2-4H2,1H3/t;5-/m.0/s1. The van der Waals surface area contributed by atoms with Gasteiger partial charge in [-0.3, -0.25) is 9.35 Å². The van der Waals surface area contributed by atoms with Crippen LogP contribution in [-0.2, 0) is 14.9 Å². The molecule has 1 fully saturated rings. The summed E-state index contributed by atoms with van der Waals surface area (Å²) >= 11 is 0. The molecule has 1 aliphatic heterocycles. The van der Waals surface area contributed by atoms with Crippen molar-refractivity contribution in [3.8, 4) is 0 Å². The molecule has 19 heavy (non-hydrogen) atoms. The summed E-state index contributed by atoms with van der Waals surface area (Å²) in [5.41, 5.74) is 0.956. The Morgan fingerprint density at radius 1 is 1.26 bits per heavy atom. The van der Waals surface area contributed by atoms with Crippen molar-refractivity contribution in [2.45, 2.75) is 25.2 Å². The van der Waals surface area contributed by atoms with Crippen LogP contribution >= 0.6 is 0 Å². The molecule has 2 N–H and O–H groups in total. The van der Waals surface area contributed by atoms with E-state index in [9.17, 15) is 13.2 Å². The quantitative estimate of drug-likeness (QED) is 0.763. The molecule has 0 aromatic heterocycles. The Hall–Kier alpha value is -1.24. The zero-order valence-electron chi connectivity index (χ0n) is 11.1. The zero-order valence-corrected chi connectivity index (χ0v) is 11.9. The van der Waals surface area contributed by atoms with Gasteiger partial charge in [0, 0.05) is 5.92 Å². The molecule has 0 bridgehead atoms. The minimum absolute atomic E-state index is 0.0666. The number of nitrogens with one attached hydrogen (secondary N) is 1. The molecule has 0 unspecified atom stereocenters. The number of carbonyl (C=O) groups is 1. The lowest BCUT2D eigenvalue weighted by atomic mass is 10.00. The van der Waals surface area contributed by atoms with Crippen molar-refractivity contribution >= 4 is 15.9 Å². The summed E-state index contributed by atoms with van der Waals surface area (Å²) in [7, 11) is -4.02. The lowest BCUT2D eigenvalue weighted by Gasteiger charge is -2.16. The van der Waals surface area contributed by atoms with Crippen molar-refractivity contribution < 1.29 is 17.8 Å². The third kappa shape index (κ3) is 5.50. The van der Waals surface area contributed by atoms with Gasteiger partial charge in [-0.2, -0.15) is 8.42 Å². The number of carbonyl (C=O) groups excluding carboxylic acids is 1. The predicted octanol–water partition coefficient (Wildman–Crippen LogP) is 1.43. The molecule has 0 amide bonds. The van der Waals surface area contributed by atoms with Crippen LogP contribution in [0.5, 0.6) is 0 Å². The van der Waals surface area contributed by atoms with Crippen molar-refractivity contribution in [2.75, 3.05) is 13.1 Å². The molecular formula is C13H19NO4S. The maximum Gasteiger partial charge on any atom is 0.294 e. The minimum Gasteiger partial charge on any atom is -0.310 e. The number of piperidine rings is 1. The molecule has 1 aromatic carbocycles. The maximum absolute atomic E-state index is 10.7. The van der Waals surface area contributed by atoms with E-state index < -0.39 is 10.1 Å². The van der Waals surface area contributed by atoms with E-state index in [-0.39, 0.29) is 4.90 Å². The van der Waals surface area contributed by atoms with Crippen LogP contribution in [0.1, 0.15) is 18.9 Å². The Morgan fingerprint density at radius 3 is 2.21 bits per heavy atom. The van der Waals surface area contributed by atoms with Crippen LogP contribution in [0, 0.1) is 12.8 Å². The second-order valence-corrected chi connectivity index (χ2v) is 6.04. The summed E-state index contributed by atoms with van der Waals surface area (Å²) in [5, 5.41) is 3.02. The number of hydrogen-bond acceptors (Lipinski definition) is 4. The molecule has 0 aliphatic carbocycles. The second kappa shape index (κ2) is 6.79. The SMILES string of the molecule is C[C@H]1CCNCC1=O.Cc1ccc(S(=O)(=O)O)cc1. The van der Waals surface area contributed by atoms with E-state index in [0.29, 0.717) is 18.2 Å². The third-order valence-electron chi connectivity index (χ3n) is 2.92. The van der Waals surface area contributed by atoms with Gasteiger partial charge < -0.3 is 5.32 Å². The van der Waals surface area contributed by atoms with E-state index in [1.807, 2.05) is 13.8 Å². The Labute approximate surface area is 113 Å². The molecule has 106 valence electrons. The van der Waals surface area contributed by atoms with Gasteiger partial charge in [0.1, 0.15) is 5.78 Å². The third-order valence-corrected chi connectivity index (χ3v) is 3.79. The number of Topliss-reactive ketones (excluding diaryl/α,β-unsaturated/α-hetero) is 1. The molecule has 6 heteroatoms. The first-order valence-corrected chi connectivity index (χ1v) is 7.52. The van der Waals surface area contributed by atoms with Crippen LogP contribution in [0.15, 0.2) is 29.2 Å². The van der Waals surface area contributed by atoms with Crippen LogP contribution in [0.4, 0.5) is 0 Å². The minimum atomic E-state index is -4.02. The van der Waals surface area contributed by atoms with Crippen LogP contribution < -0.4 is 5.32 Å². The van der Waals surface area contributed by atoms with E-state index in [1.165, 1.54) is 12.1 Å². The average Bonchev–Trinajstić information content (AvgIpc) is 2.33. The highest BCUT2D eigenvalue weighted by Crippen LogP contribution is 2.08. The lowest BCUT2D eigenvalue weighted by molar-refractivity contribution is -0.122. The van der Waals surface area contributed by atoms with Gasteiger partial charge in [-0.25, -0.2) is 0 Å². The molecule has 1 aromatic rings. The Bertz CT molecular complexity index is 522. The molecular weight excluding hydrogens is 266 g/mol. The maximum atomic E-state index is 10.7. The van der Waals surface area contributed by atoms with Gasteiger partial charge in [0.15, 0.2) is 0 Å². The molecule has 0 radical (unpaired) electrons. The van der Waals surface area contributed by atoms with Crippen LogP contribution in [0.25, 0.3) is 0 Å². The first-order chi connectivity index (χ1) is 8.80. The molecule has 1 atom stereocenters. The molecule has 5 nitrogen and oxygen atoms in total. The Morgan fingerprint density at radius 2 is 1.84 bits per heavy atom. The Kier molecular flexibility index (Phi) is 5.65. The van der Waals surface area contributed by atoms with Gasteiger partial charge in [-0.05, 0) is 32.0 Å². The van der Waals surface area contributed by atoms with Crippen molar-refractivity contribution in [3.05, 3.63) is 29.8 Å². The number of aryl methyl sites for hydroxylation is 1. The smallest absolute Gasteiger partial charge is 0.294 e. The van der Waals surface area contributed by atoms with Crippen LogP contribution in [0.3, 0.4) is 0 Å². The normalized spacial score (nSPS) is 19.5. The first-order valence-electron chi connectivity index (χ1n) is 6.08. The van der Waals surface area contributed by atoms with Crippen molar-refractivity contribution in [2.24, 2.45) is 5.92 Å². The number of benzene rings is 1. The van der Waals surface area contributed by atoms with Crippen molar-refractivity contribution in [1.29, 1.82) is 0 Å². The van der Waals surface area contributed by atoms with Crippen molar-refractivity contribution in [3.63, 3.8) is 0 Å². The molecule has 1 saturated heterocycles. The largest absolute Gasteiger partial charge is 0.310 e. The number of rotatable bonds is 1. The molecule has 1 aliphatic rings.